The van der Waals surface area contributed by atoms with Gasteiger partial charge in [-0.1, -0.05) is 25.5 Å². The average Bonchev–Trinajstić information content (AvgIpc) is 2.32. The van der Waals surface area contributed by atoms with Gasteiger partial charge in [-0.3, -0.25) is 4.79 Å². The van der Waals surface area contributed by atoms with Crippen LogP contribution in [-0.2, 0) is 11.2 Å². The molecule has 2 atom stereocenters. The quantitative estimate of drug-likeness (QED) is 0.813. The van der Waals surface area contributed by atoms with Gasteiger partial charge in [-0.25, -0.2) is 4.39 Å². The highest BCUT2D eigenvalue weighted by Gasteiger charge is 2.14. The van der Waals surface area contributed by atoms with E-state index in [0.29, 0.717) is 12.8 Å². The topological polar surface area (TPSA) is 55.1 Å². The maximum absolute atomic E-state index is 12.7. The zero-order valence-corrected chi connectivity index (χ0v) is 10.9. The first-order chi connectivity index (χ1) is 8.52. The van der Waals surface area contributed by atoms with Crippen molar-refractivity contribution in [3.63, 3.8) is 0 Å². The average molecular weight is 252 g/mol. The Morgan fingerprint density at radius 1 is 1.39 bits per heavy atom. The first-order valence-electron chi connectivity index (χ1n) is 6.33. The first kappa shape index (κ1) is 14.6. The van der Waals surface area contributed by atoms with Crippen molar-refractivity contribution in [3.8, 4) is 0 Å². The van der Waals surface area contributed by atoms with E-state index in [2.05, 4.69) is 5.32 Å². The molecule has 0 spiro atoms. The van der Waals surface area contributed by atoms with Gasteiger partial charge in [0, 0.05) is 6.04 Å². The Bertz CT molecular complexity index is 378. The lowest BCUT2D eigenvalue weighted by Crippen LogP contribution is -2.45. The Labute approximate surface area is 108 Å². The molecule has 100 valence electrons. The van der Waals surface area contributed by atoms with Gasteiger partial charge in [0.2, 0.25) is 5.91 Å². The summed E-state index contributed by atoms with van der Waals surface area (Å²) < 4.78 is 12.7. The van der Waals surface area contributed by atoms with Crippen molar-refractivity contribution in [1.29, 1.82) is 0 Å². The standard InChI is InChI=1S/C14H21FN2O/c1-3-4-13(16)14(18)17-10(2)9-11-5-7-12(15)8-6-11/h5-8,10,13H,3-4,9,16H2,1-2H3,(H,17,18). The Kier molecular flexibility index (Phi) is 5.78. The van der Waals surface area contributed by atoms with Gasteiger partial charge in [-0.05, 0) is 37.5 Å². The van der Waals surface area contributed by atoms with E-state index in [1.807, 2.05) is 13.8 Å². The van der Waals surface area contributed by atoms with Gasteiger partial charge in [0.15, 0.2) is 0 Å². The number of benzene rings is 1. The molecule has 0 aliphatic carbocycles. The summed E-state index contributed by atoms with van der Waals surface area (Å²) in [5.74, 6) is -0.369. The minimum Gasteiger partial charge on any atom is -0.352 e. The highest BCUT2D eigenvalue weighted by Crippen LogP contribution is 2.06. The molecule has 4 heteroatoms. The molecule has 1 aromatic rings. The number of hydrogen-bond acceptors (Lipinski definition) is 2. The summed E-state index contributed by atoms with van der Waals surface area (Å²) in [6, 6.07) is 5.85. The number of rotatable bonds is 6. The minimum absolute atomic E-state index is 0.00846. The van der Waals surface area contributed by atoms with Crippen molar-refractivity contribution in [2.45, 2.75) is 45.2 Å². The number of carbonyl (C=O) groups excluding carboxylic acids is 1. The van der Waals surface area contributed by atoms with Crippen LogP contribution in [0.3, 0.4) is 0 Å². The first-order valence-corrected chi connectivity index (χ1v) is 6.33. The lowest BCUT2D eigenvalue weighted by molar-refractivity contribution is -0.123. The molecule has 1 rings (SSSR count). The third kappa shape index (κ3) is 4.84. The molecular formula is C14H21FN2O. The summed E-state index contributed by atoms with van der Waals surface area (Å²) >= 11 is 0. The molecule has 18 heavy (non-hydrogen) atoms. The molecule has 1 aromatic carbocycles. The second-order valence-corrected chi connectivity index (χ2v) is 4.64. The third-order valence-corrected chi connectivity index (χ3v) is 2.78. The van der Waals surface area contributed by atoms with Crippen molar-refractivity contribution >= 4 is 5.91 Å². The van der Waals surface area contributed by atoms with Gasteiger partial charge in [0.1, 0.15) is 5.82 Å². The number of nitrogens with one attached hydrogen (secondary N) is 1. The number of hydrogen-bond donors (Lipinski definition) is 2. The Hall–Kier alpha value is -1.42. The van der Waals surface area contributed by atoms with E-state index in [4.69, 9.17) is 5.73 Å². The molecule has 0 radical (unpaired) electrons. The van der Waals surface area contributed by atoms with Crippen LogP contribution in [-0.4, -0.2) is 18.0 Å². The molecule has 0 aromatic heterocycles. The molecule has 0 aliphatic heterocycles. The van der Waals surface area contributed by atoms with Crippen molar-refractivity contribution in [2.24, 2.45) is 5.73 Å². The maximum Gasteiger partial charge on any atom is 0.237 e. The van der Waals surface area contributed by atoms with Crippen LogP contribution in [0.25, 0.3) is 0 Å². The molecule has 0 bridgehead atoms. The van der Waals surface area contributed by atoms with Crippen LogP contribution < -0.4 is 11.1 Å². The largest absolute Gasteiger partial charge is 0.352 e. The van der Waals surface area contributed by atoms with Crippen molar-refractivity contribution in [3.05, 3.63) is 35.6 Å². The normalized spacial score (nSPS) is 14.0. The van der Waals surface area contributed by atoms with Crippen LogP contribution in [0.1, 0.15) is 32.3 Å². The molecule has 2 unspecified atom stereocenters. The monoisotopic (exact) mass is 252 g/mol. The van der Waals surface area contributed by atoms with Crippen molar-refractivity contribution in [2.75, 3.05) is 0 Å². The summed E-state index contributed by atoms with van der Waals surface area (Å²) in [5, 5.41) is 2.87. The predicted octanol–water partition coefficient (Wildman–Crippen LogP) is 2.00. The minimum atomic E-state index is -0.439. The Morgan fingerprint density at radius 3 is 2.56 bits per heavy atom. The number of halogens is 1. The second kappa shape index (κ2) is 7.11. The summed E-state index contributed by atoms with van der Waals surface area (Å²) in [6.07, 6.45) is 2.25. The zero-order chi connectivity index (χ0) is 13.5. The van der Waals surface area contributed by atoms with Crippen molar-refractivity contribution < 1.29 is 9.18 Å². The fourth-order valence-corrected chi connectivity index (χ4v) is 1.82. The van der Waals surface area contributed by atoms with Gasteiger partial charge in [0.25, 0.3) is 0 Å². The fraction of sp³-hybridized carbons (Fsp3) is 0.500. The molecule has 1 amide bonds. The Morgan fingerprint density at radius 2 is 2.00 bits per heavy atom. The summed E-state index contributed by atoms with van der Waals surface area (Å²) in [6.45, 7) is 3.91. The SMILES string of the molecule is CCCC(N)C(=O)NC(C)Cc1ccc(F)cc1. The van der Waals surface area contributed by atoms with Crippen LogP contribution in [0.5, 0.6) is 0 Å². The fourth-order valence-electron chi connectivity index (χ4n) is 1.82. The number of nitrogens with two attached hydrogens (primary N) is 1. The van der Waals surface area contributed by atoms with Gasteiger partial charge in [-0.2, -0.15) is 0 Å². The summed E-state index contributed by atoms with van der Waals surface area (Å²) in [5.41, 5.74) is 6.72. The molecule has 0 heterocycles. The predicted molar refractivity (Wildman–Crippen MR) is 70.6 cm³/mol. The van der Waals surface area contributed by atoms with E-state index in [1.165, 1.54) is 12.1 Å². The smallest absolute Gasteiger partial charge is 0.237 e. The van der Waals surface area contributed by atoms with Gasteiger partial charge >= 0.3 is 0 Å². The summed E-state index contributed by atoms with van der Waals surface area (Å²) in [7, 11) is 0. The van der Waals surface area contributed by atoms with E-state index in [0.717, 1.165) is 12.0 Å². The molecular weight excluding hydrogens is 231 g/mol. The Balaban J connectivity index is 2.43. The molecule has 3 N–H and O–H groups in total. The van der Waals surface area contributed by atoms with Gasteiger partial charge < -0.3 is 11.1 Å². The molecule has 0 aliphatic rings. The van der Waals surface area contributed by atoms with E-state index >= 15 is 0 Å². The maximum atomic E-state index is 12.7. The number of amides is 1. The van der Waals surface area contributed by atoms with Crippen LogP contribution in [0.4, 0.5) is 4.39 Å². The van der Waals surface area contributed by atoms with Crippen LogP contribution >= 0.6 is 0 Å². The van der Waals surface area contributed by atoms with Crippen LogP contribution in [0, 0.1) is 5.82 Å². The lowest BCUT2D eigenvalue weighted by Gasteiger charge is -2.17. The van der Waals surface area contributed by atoms with Crippen molar-refractivity contribution in [1.82, 2.24) is 5.32 Å². The third-order valence-electron chi connectivity index (χ3n) is 2.78. The highest BCUT2D eigenvalue weighted by atomic mass is 19.1. The summed E-state index contributed by atoms with van der Waals surface area (Å²) in [4.78, 5) is 11.7. The van der Waals surface area contributed by atoms with Crippen LogP contribution in [0.15, 0.2) is 24.3 Å². The molecule has 3 nitrogen and oxygen atoms in total. The van der Waals surface area contributed by atoms with E-state index < -0.39 is 6.04 Å². The van der Waals surface area contributed by atoms with E-state index in [1.54, 1.807) is 12.1 Å². The highest BCUT2D eigenvalue weighted by molar-refractivity contribution is 5.81. The van der Waals surface area contributed by atoms with Crippen LogP contribution in [0.2, 0.25) is 0 Å². The molecule has 0 saturated heterocycles. The second-order valence-electron chi connectivity index (χ2n) is 4.64. The molecule has 0 saturated carbocycles. The zero-order valence-electron chi connectivity index (χ0n) is 10.9. The number of carbonyl (C=O) groups is 1. The van der Waals surface area contributed by atoms with E-state index in [9.17, 15) is 9.18 Å². The van der Waals surface area contributed by atoms with E-state index in [-0.39, 0.29) is 17.8 Å². The lowest BCUT2D eigenvalue weighted by atomic mass is 10.1. The van der Waals surface area contributed by atoms with Gasteiger partial charge in [0.05, 0.1) is 6.04 Å². The van der Waals surface area contributed by atoms with Gasteiger partial charge in [-0.15, -0.1) is 0 Å². The molecule has 0 fully saturated rings.